The van der Waals surface area contributed by atoms with Gasteiger partial charge in [0.2, 0.25) is 0 Å². The fourth-order valence-corrected chi connectivity index (χ4v) is 5.33. The number of hydrogen-bond donors (Lipinski definition) is 1. The standard InChI is InChI=1S/C28H24N2O6S/c1-4-36-20-12-13-21-22(15-20)37-28(29-21)30-24(17-6-5-7-19(14-17)35-3)23(26(32)27(30)33)25(31)16-8-10-18(34-2)11-9-16/h5-15,24,31H,4H2,1-3H3. The van der Waals surface area contributed by atoms with Gasteiger partial charge in [0, 0.05) is 5.56 Å². The highest BCUT2D eigenvalue weighted by Gasteiger charge is 2.48. The monoisotopic (exact) mass is 516 g/mol. The second-order valence-corrected chi connectivity index (χ2v) is 9.24. The van der Waals surface area contributed by atoms with Gasteiger partial charge in [-0.05, 0) is 67.1 Å². The van der Waals surface area contributed by atoms with Gasteiger partial charge in [0.25, 0.3) is 5.78 Å². The number of amides is 1. The first-order chi connectivity index (χ1) is 17.9. The summed E-state index contributed by atoms with van der Waals surface area (Å²) in [4.78, 5) is 32.9. The third-order valence-electron chi connectivity index (χ3n) is 6.08. The minimum absolute atomic E-state index is 0.0299. The summed E-state index contributed by atoms with van der Waals surface area (Å²) in [5.41, 5.74) is 1.63. The molecule has 1 N–H and O–H groups in total. The maximum Gasteiger partial charge on any atom is 0.301 e. The predicted octanol–water partition coefficient (Wildman–Crippen LogP) is 5.34. The molecule has 188 valence electrons. The molecule has 3 aromatic carbocycles. The smallest absolute Gasteiger partial charge is 0.301 e. The summed E-state index contributed by atoms with van der Waals surface area (Å²) in [6.07, 6.45) is 0. The van der Waals surface area contributed by atoms with Crippen molar-refractivity contribution in [3.05, 3.63) is 83.4 Å². The van der Waals surface area contributed by atoms with Crippen molar-refractivity contribution in [1.29, 1.82) is 0 Å². The van der Waals surface area contributed by atoms with Crippen molar-refractivity contribution in [1.82, 2.24) is 4.98 Å². The Hall–Kier alpha value is -4.37. The van der Waals surface area contributed by atoms with Crippen molar-refractivity contribution >= 4 is 44.1 Å². The van der Waals surface area contributed by atoms with Crippen LogP contribution in [0.15, 0.2) is 72.3 Å². The molecule has 1 unspecified atom stereocenters. The predicted molar refractivity (Wildman–Crippen MR) is 142 cm³/mol. The lowest BCUT2D eigenvalue weighted by atomic mass is 9.95. The SMILES string of the molecule is CCOc1ccc2nc(N3C(=O)C(=O)C(=C(O)c4ccc(OC)cc4)C3c3cccc(OC)c3)sc2c1. The van der Waals surface area contributed by atoms with E-state index in [9.17, 15) is 14.7 Å². The van der Waals surface area contributed by atoms with Crippen molar-refractivity contribution in [2.45, 2.75) is 13.0 Å². The zero-order valence-electron chi connectivity index (χ0n) is 20.4. The van der Waals surface area contributed by atoms with E-state index in [1.807, 2.05) is 25.1 Å². The van der Waals surface area contributed by atoms with Gasteiger partial charge in [0.05, 0.1) is 42.7 Å². The fraction of sp³-hybridized carbons (Fsp3) is 0.179. The number of fused-ring (bicyclic) bond motifs is 1. The van der Waals surface area contributed by atoms with Crippen LogP contribution in [0.4, 0.5) is 5.13 Å². The fourth-order valence-electron chi connectivity index (χ4n) is 4.31. The van der Waals surface area contributed by atoms with Crippen LogP contribution < -0.4 is 19.1 Å². The molecule has 1 saturated heterocycles. The average Bonchev–Trinajstić information content (AvgIpc) is 3.46. The summed E-state index contributed by atoms with van der Waals surface area (Å²) >= 11 is 1.27. The molecule has 0 saturated carbocycles. The van der Waals surface area contributed by atoms with E-state index < -0.39 is 17.7 Å². The molecule has 0 bridgehead atoms. The number of ketones is 1. The molecule has 0 radical (unpaired) electrons. The number of benzene rings is 3. The Morgan fingerprint density at radius 3 is 2.41 bits per heavy atom. The zero-order valence-corrected chi connectivity index (χ0v) is 21.2. The van der Waals surface area contributed by atoms with Gasteiger partial charge in [0.1, 0.15) is 23.0 Å². The molecule has 0 aliphatic carbocycles. The number of hydrogen-bond acceptors (Lipinski definition) is 8. The van der Waals surface area contributed by atoms with Crippen molar-refractivity contribution in [3.63, 3.8) is 0 Å². The molecule has 5 rings (SSSR count). The highest BCUT2D eigenvalue weighted by Crippen LogP contribution is 2.45. The van der Waals surface area contributed by atoms with Crippen molar-refractivity contribution < 1.29 is 28.9 Å². The van der Waals surface area contributed by atoms with Crippen LogP contribution in [-0.2, 0) is 9.59 Å². The first kappa shape index (κ1) is 24.3. The molecule has 1 atom stereocenters. The number of aliphatic hydroxyl groups excluding tert-OH is 1. The number of ether oxygens (including phenoxy) is 3. The van der Waals surface area contributed by atoms with Crippen LogP contribution in [0, 0.1) is 0 Å². The van der Waals surface area contributed by atoms with Gasteiger partial charge in [-0.15, -0.1) is 0 Å². The molecular formula is C28H24N2O6S. The largest absolute Gasteiger partial charge is 0.507 e. The van der Waals surface area contributed by atoms with Gasteiger partial charge in [-0.1, -0.05) is 23.5 Å². The lowest BCUT2D eigenvalue weighted by Gasteiger charge is -2.23. The molecule has 1 aromatic heterocycles. The average molecular weight is 517 g/mol. The number of carbonyl (C=O) groups is 2. The number of Topliss-reactive ketones (excluding diaryl/α,β-unsaturated/α-hetero) is 1. The van der Waals surface area contributed by atoms with Crippen LogP contribution in [0.3, 0.4) is 0 Å². The van der Waals surface area contributed by atoms with E-state index in [-0.39, 0.29) is 11.3 Å². The number of carbonyl (C=O) groups excluding carboxylic acids is 2. The van der Waals surface area contributed by atoms with E-state index in [2.05, 4.69) is 4.98 Å². The summed E-state index contributed by atoms with van der Waals surface area (Å²) < 4.78 is 17.0. The van der Waals surface area contributed by atoms with Crippen LogP contribution in [-0.4, -0.2) is 42.6 Å². The maximum absolute atomic E-state index is 13.5. The minimum Gasteiger partial charge on any atom is -0.507 e. The van der Waals surface area contributed by atoms with Gasteiger partial charge >= 0.3 is 5.91 Å². The summed E-state index contributed by atoms with van der Waals surface area (Å²) in [6.45, 7) is 2.42. The van der Waals surface area contributed by atoms with Crippen molar-refractivity contribution in [2.75, 3.05) is 25.7 Å². The zero-order chi connectivity index (χ0) is 26.1. The lowest BCUT2D eigenvalue weighted by molar-refractivity contribution is -0.132. The Balaban J connectivity index is 1.69. The quantitative estimate of drug-likeness (QED) is 0.201. The topological polar surface area (TPSA) is 98.2 Å². The Bertz CT molecular complexity index is 1530. The Labute approximate surface area is 217 Å². The normalized spacial score (nSPS) is 16.8. The summed E-state index contributed by atoms with van der Waals surface area (Å²) in [5, 5.41) is 11.6. The van der Waals surface area contributed by atoms with Gasteiger partial charge in [-0.3, -0.25) is 14.5 Å². The summed E-state index contributed by atoms with van der Waals surface area (Å²) in [6, 6.07) is 18.3. The van der Waals surface area contributed by atoms with E-state index in [1.54, 1.807) is 55.6 Å². The molecule has 1 fully saturated rings. The number of aliphatic hydroxyl groups is 1. The Kier molecular flexibility index (Phi) is 6.54. The van der Waals surface area contributed by atoms with E-state index in [0.29, 0.717) is 45.6 Å². The first-order valence-electron chi connectivity index (χ1n) is 11.6. The summed E-state index contributed by atoms with van der Waals surface area (Å²) in [7, 11) is 3.08. The van der Waals surface area contributed by atoms with Gasteiger partial charge in [-0.25, -0.2) is 4.98 Å². The number of anilines is 1. The van der Waals surface area contributed by atoms with Crippen LogP contribution in [0.25, 0.3) is 16.0 Å². The molecule has 4 aromatic rings. The van der Waals surface area contributed by atoms with E-state index in [0.717, 1.165) is 4.70 Å². The van der Waals surface area contributed by atoms with Crippen LogP contribution in [0.1, 0.15) is 24.1 Å². The van der Waals surface area contributed by atoms with E-state index >= 15 is 0 Å². The number of thiazole rings is 1. The number of methoxy groups -OCH3 is 2. The number of aromatic nitrogens is 1. The van der Waals surface area contributed by atoms with Gasteiger partial charge < -0.3 is 19.3 Å². The molecule has 1 aliphatic heterocycles. The highest BCUT2D eigenvalue weighted by molar-refractivity contribution is 7.22. The van der Waals surface area contributed by atoms with Crippen LogP contribution in [0.2, 0.25) is 0 Å². The van der Waals surface area contributed by atoms with E-state index in [4.69, 9.17) is 14.2 Å². The molecule has 2 heterocycles. The van der Waals surface area contributed by atoms with Crippen LogP contribution in [0.5, 0.6) is 17.2 Å². The molecule has 1 aliphatic rings. The maximum atomic E-state index is 13.5. The molecular weight excluding hydrogens is 492 g/mol. The Morgan fingerprint density at radius 1 is 0.973 bits per heavy atom. The van der Waals surface area contributed by atoms with Crippen molar-refractivity contribution in [2.24, 2.45) is 0 Å². The highest BCUT2D eigenvalue weighted by atomic mass is 32.1. The second-order valence-electron chi connectivity index (χ2n) is 8.23. The number of nitrogens with zero attached hydrogens (tertiary/aromatic N) is 2. The van der Waals surface area contributed by atoms with Gasteiger partial charge in [-0.2, -0.15) is 0 Å². The minimum atomic E-state index is -0.913. The molecule has 9 heteroatoms. The van der Waals surface area contributed by atoms with E-state index in [1.165, 1.54) is 23.3 Å². The lowest BCUT2D eigenvalue weighted by Crippen LogP contribution is -2.29. The Morgan fingerprint density at radius 2 is 1.70 bits per heavy atom. The third kappa shape index (κ3) is 4.38. The first-order valence-corrected chi connectivity index (χ1v) is 12.4. The number of rotatable bonds is 7. The molecule has 0 spiro atoms. The van der Waals surface area contributed by atoms with Crippen LogP contribution >= 0.6 is 11.3 Å². The second kappa shape index (κ2) is 9.94. The molecule has 1 amide bonds. The summed E-state index contributed by atoms with van der Waals surface area (Å²) in [5.74, 6) is -0.00465. The van der Waals surface area contributed by atoms with Gasteiger partial charge in [0.15, 0.2) is 5.13 Å². The molecule has 8 nitrogen and oxygen atoms in total. The molecule has 37 heavy (non-hydrogen) atoms. The van der Waals surface area contributed by atoms with Crippen molar-refractivity contribution in [3.8, 4) is 17.2 Å². The third-order valence-corrected chi connectivity index (χ3v) is 7.10.